The van der Waals surface area contributed by atoms with E-state index in [4.69, 9.17) is 14.1 Å². The minimum absolute atomic E-state index is 0.0518. The molecule has 2 aromatic heterocycles. The molecule has 0 aliphatic rings. The fourth-order valence-corrected chi connectivity index (χ4v) is 5.91. The molecule has 6 aromatic rings. The van der Waals surface area contributed by atoms with Crippen LogP contribution >= 0.6 is 11.9 Å². The van der Waals surface area contributed by atoms with E-state index >= 15 is 0 Å². The van der Waals surface area contributed by atoms with E-state index < -0.39 is 17.8 Å². The Labute approximate surface area is 320 Å². The third-order valence-electron chi connectivity index (χ3n) is 8.28. The number of aromatic nitrogens is 1. The molecule has 8 nitrogen and oxygen atoms in total. The summed E-state index contributed by atoms with van der Waals surface area (Å²) in [7, 11) is 3.41. The zero-order chi connectivity index (χ0) is 39.4. The summed E-state index contributed by atoms with van der Waals surface area (Å²) >= 11 is 1.45. The van der Waals surface area contributed by atoms with Crippen molar-refractivity contribution in [3.63, 3.8) is 0 Å². The van der Waals surface area contributed by atoms with E-state index in [9.17, 15) is 18.4 Å². The van der Waals surface area contributed by atoms with E-state index in [0.717, 1.165) is 11.1 Å². The van der Waals surface area contributed by atoms with Crippen LogP contribution in [-0.4, -0.2) is 37.1 Å². The molecule has 2 N–H and O–H groups in total. The van der Waals surface area contributed by atoms with Gasteiger partial charge in [-0.25, -0.2) is 13.8 Å². The summed E-state index contributed by atoms with van der Waals surface area (Å²) in [6, 6.07) is 27.9. The van der Waals surface area contributed by atoms with E-state index in [-0.39, 0.29) is 35.3 Å². The first-order valence-corrected chi connectivity index (χ1v) is 19.0. The molecule has 282 valence electrons. The van der Waals surface area contributed by atoms with Crippen molar-refractivity contribution in [1.29, 1.82) is 0 Å². The van der Waals surface area contributed by atoms with Gasteiger partial charge < -0.3 is 24.1 Å². The Hall–Kier alpha value is -5.68. The lowest BCUT2D eigenvalue weighted by molar-refractivity contribution is 0.0928. The van der Waals surface area contributed by atoms with Crippen molar-refractivity contribution < 1.29 is 27.5 Å². The molecule has 2 heterocycles. The molecule has 6 rings (SSSR count). The summed E-state index contributed by atoms with van der Waals surface area (Å²) in [6.45, 7) is 10.0. The lowest BCUT2D eigenvalue weighted by Crippen LogP contribution is -2.28. The van der Waals surface area contributed by atoms with Crippen molar-refractivity contribution in [3.05, 3.63) is 137 Å². The normalized spacial score (nSPS) is 11.0. The number of anilines is 1. The highest BCUT2D eigenvalue weighted by molar-refractivity contribution is 7.99. The number of carbonyl (C=O) groups excluding carboxylic acids is 2. The first-order chi connectivity index (χ1) is 26.2. The number of hydrogen-bond donors (Lipinski definition) is 2. The molecular formula is C43H46F2N4O4S. The average Bonchev–Trinajstić information content (AvgIpc) is 3.59. The van der Waals surface area contributed by atoms with E-state index in [0.29, 0.717) is 39.2 Å². The van der Waals surface area contributed by atoms with Gasteiger partial charge in [-0.2, -0.15) is 0 Å². The zero-order valence-electron chi connectivity index (χ0n) is 31.8. The number of amides is 2. The van der Waals surface area contributed by atoms with Crippen LogP contribution in [0.3, 0.4) is 0 Å². The minimum atomic E-state index is -0.486. The molecule has 0 aliphatic carbocycles. The van der Waals surface area contributed by atoms with Gasteiger partial charge in [-0.15, -0.1) is 0 Å². The first kappa shape index (κ1) is 41.1. The number of ether oxygens (including phenoxy) is 1. The number of nitrogens with zero attached hydrogens (tertiary/aromatic N) is 2. The molecule has 0 fully saturated rings. The molecule has 0 radical (unpaired) electrons. The predicted molar refractivity (Wildman–Crippen MR) is 216 cm³/mol. The van der Waals surface area contributed by atoms with Gasteiger partial charge in [-0.3, -0.25) is 9.59 Å². The number of nitrogens with one attached hydrogen (secondary N) is 2. The topological polar surface area (TPSA) is 96.7 Å². The molecule has 4 aromatic carbocycles. The van der Waals surface area contributed by atoms with Gasteiger partial charge in [0, 0.05) is 42.9 Å². The van der Waals surface area contributed by atoms with E-state index in [1.807, 2.05) is 87.8 Å². The van der Waals surface area contributed by atoms with Gasteiger partial charge in [0.05, 0.1) is 23.0 Å². The van der Waals surface area contributed by atoms with Crippen LogP contribution in [0, 0.1) is 11.6 Å². The van der Waals surface area contributed by atoms with Crippen molar-refractivity contribution in [2.24, 2.45) is 0 Å². The van der Waals surface area contributed by atoms with Crippen LogP contribution in [0.2, 0.25) is 0 Å². The Morgan fingerprint density at radius 3 is 2.11 bits per heavy atom. The van der Waals surface area contributed by atoms with Gasteiger partial charge in [-0.1, -0.05) is 82.1 Å². The Kier molecular flexibility index (Phi) is 14.8. The highest BCUT2D eigenvalue weighted by atomic mass is 32.2. The SMILES string of the molecule is CC.CC.CNC(=O)c1c(-c2ccc(F)cc2)oc2cc(N(C)SC)c(-c3ccc(OCc4ccccc4)c(C(=O)NC(C)c4ccc(F)cc4)n3)cc12. The Morgan fingerprint density at radius 2 is 1.50 bits per heavy atom. The van der Waals surface area contributed by atoms with Crippen molar-refractivity contribution in [2.75, 3.05) is 24.7 Å². The fraction of sp³-hybridized carbons (Fsp3) is 0.233. The van der Waals surface area contributed by atoms with Gasteiger partial charge in [0.25, 0.3) is 11.8 Å². The molecule has 0 bridgehead atoms. The lowest BCUT2D eigenvalue weighted by atomic mass is 10.0. The maximum atomic E-state index is 13.9. The predicted octanol–water partition coefficient (Wildman–Crippen LogP) is 10.6. The summed E-state index contributed by atoms with van der Waals surface area (Å²) in [4.78, 5) is 32.1. The number of furan rings is 1. The van der Waals surface area contributed by atoms with Crippen LogP contribution in [0.4, 0.5) is 14.5 Å². The highest BCUT2D eigenvalue weighted by Gasteiger charge is 2.26. The van der Waals surface area contributed by atoms with Gasteiger partial charge in [0.2, 0.25) is 0 Å². The van der Waals surface area contributed by atoms with Gasteiger partial charge >= 0.3 is 0 Å². The van der Waals surface area contributed by atoms with Crippen LogP contribution in [0.1, 0.15) is 72.6 Å². The summed E-state index contributed by atoms with van der Waals surface area (Å²) < 4.78 is 41.8. The van der Waals surface area contributed by atoms with E-state index in [2.05, 4.69) is 10.6 Å². The number of rotatable bonds is 11. The molecule has 11 heteroatoms. The smallest absolute Gasteiger partial charge is 0.274 e. The van der Waals surface area contributed by atoms with Crippen LogP contribution in [0.15, 0.2) is 108 Å². The van der Waals surface area contributed by atoms with Crippen LogP contribution < -0.4 is 19.7 Å². The number of hydrogen-bond acceptors (Lipinski definition) is 7. The molecule has 1 unspecified atom stereocenters. The molecular weight excluding hydrogens is 707 g/mol. The molecule has 54 heavy (non-hydrogen) atoms. The second-order valence-corrected chi connectivity index (χ2v) is 12.4. The average molecular weight is 753 g/mol. The maximum absolute atomic E-state index is 13.9. The number of pyridine rings is 1. The van der Waals surface area contributed by atoms with Crippen molar-refractivity contribution in [2.45, 2.75) is 47.3 Å². The van der Waals surface area contributed by atoms with Gasteiger partial charge in [-0.05, 0) is 72.6 Å². The molecule has 0 spiro atoms. The first-order valence-electron chi connectivity index (χ1n) is 17.8. The lowest BCUT2D eigenvalue weighted by Gasteiger charge is -2.21. The van der Waals surface area contributed by atoms with Crippen LogP contribution in [0.5, 0.6) is 5.75 Å². The Bertz CT molecular complexity index is 2160. The molecule has 0 saturated carbocycles. The van der Waals surface area contributed by atoms with Crippen LogP contribution in [-0.2, 0) is 6.61 Å². The number of halogens is 2. The van der Waals surface area contributed by atoms with E-state index in [1.165, 1.54) is 43.3 Å². The third kappa shape index (κ3) is 9.45. The standard InChI is InChI=1S/C39H34F2N4O4S.2C2H6/c1-23(25-10-14-27(40)15-11-25)43-39(47)36-33(48-22-24-8-6-5-7-9-24)19-18-31(44-36)29-20-30-34(21-32(29)45(3)50-4)49-37(35(30)38(46)42-2)26-12-16-28(41)17-13-26;2*1-2/h5-21,23H,22H2,1-4H3,(H,42,46)(H,43,47);2*1-2H3. The molecule has 0 saturated heterocycles. The Morgan fingerprint density at radius 1 is 0.870 bits per heavy atom. The second kappa shape index (κ2) is 19.4. The highest BCUT2D eigenvalue weighted by Crippen LogP contribution is 2.42. The van der Waals surface area contributed by atoms with Crippen molar-refractivity contribution in [1.82, 2.24) is 15.6 Å². The minimum Gasteiger partial charge on any atom is -0.486 e. The second-order valence-electron chi connectivity index (χ2n) is 11.5. The molecule has 0 aliphatic heterocycles. The van der Waals surface area contributed by atoms with Gasteiger partial charge in [0.1, 0.15) is 29.6 Å². The summed E-state index contributed by atoms with van der Waals surface area (Å²) in [5.74, 6) is -1.08. The summed E-state index contributed by atoms with van der Waals surface area (Å²) in [6.07, 6.45) is 1.92. The van der Waals surface area contributed by atoms with Gasteiger partial charge in [0.15, 0.2) is 11.4 Å². The molecule has 1 atom stereocenters. The quantitative estimate of drug-likeness (QED) is 0.127. The van der Waals surface area contributed by atoms with Crippen molar-refractivity contribution in [3.8, 4) is 28.3 Å². The van der Waals surface area contributed by atoms with E-state index in [1.54, 1.807) is 43.3 Å². The monoisotopic (exact) mass is 752 g/mol. The number of carbonyl (C=O) groups is 2. The summed E-state index contributed by atoms with van der Waals surface area (Å²) in [5.41, 5.74) is 4.73. The maximum Gasteiger partial charge on any atom is 0.274 e. The molecule has 2 amide bonds. The largest absolute Gasteiger partial charge is 0.486 e. The number of fused-ring (bicyclic) bond motifs is 1. The zero-order valence-corrected chi connectivity index (χ0v) is 32.6. The number of benzene rings is 4. The van der Waals surface area contributed by atoms with Crippen molar-refractivity contribution >= 4 is 40.4 Å². The Balaban J connectivity index is 0.00000157. The third-order valence-corrected chi connectivity index (χ3v) is 9.03. The summed E-state index contributed by atoms with van der Waals surface area (Å²) in [5, 5.41) is 6.17. The fourth-order valence-electron chi connectivity index (χ4n) is 5.56. The van der Waals surface area contributed by atoms with Crippen LogP contribution in [0.25, 0.3) is 33.6 Å².